The van der Waals surface area contributed by atoms with E-state index in [1.54, 1.807) is 18.7 Å². The van der Waals surface area contributed by atoms with Gasteiger partial charge in [0, 0.05) is 13.1 Å². The molecule has 1 amide bonds. The second kappa shape index (κ2) is 9.46. The van der Waals surface area contributed by atoms with E-state index in [2.05, 4.69) is 0 Å². The fourth-order valence-electron chi connectivity index (χ4n) is 4.35. The number of likely N-dealkylation sites (tertiary alicyclic amines) is 1. The Hall–Kier alpha value is -2.39. The van der Waals surface area contributed by atoms with Gasteiger partial charge >= 0.3 is 6.18 Å². The van der Waals surface area contributed by atoms with Crippen molar-refractivity contribution in [2.75, 3.05) is 13.1 Å². The summed E-state index contributed by atoms with van der Waals surface area (Å²) in [5, 5.41) is 0. The summed E-state index contributed by atoms with van der Waals surface area (Å²) in [4.78, 5) is 14.1. The highest BCUT2D eigenvalue weighted by Gasteiger charge is 2.45. The van der Waals surface area contributed by atoms with Crippen LogP contribution in [0.5, 0.6) is 0 Å². The van der Waals surface area contributed by atoms with Gasteiger partial charge in [-0.05, 0) is 62.8 Å². The van der Waals surface area contributed by atoms with Crippen molar-refractivity contribution in [1.29, 1.82) is 0 Å². The lowest BCUT2D eigenvalue weighted by molar-refractivity contribution is -0.137. The summed E-state index contributed by atoms with van der Waals surface area (Å²) >= 11 is 0. The molecule has 5 nitrogen and oxygen atoms in total. The molecule has 1 aliphatic heterocycles. The minimum absolute atomic E-state index is 0.184. The van der Waals surface area contributed by atoms with E-state index in [1.165, 1.54) is 6.07 Å². The van der Waals surface area contributed by atoms with Gasteiger partial charge in [0.15, 0.2) is 9.84 Å². The van der Waals surface area contributed by atoms with Crippen molar-refractivity contribution >= 4 is 15.7 Å². The lowest BCUT2D eigenvalue weighted by Gasteiger charge is -2.40. The quantitative estimate of drug-likeness (QED) is 0.673. The maximum atomic E-state index is 13.3. The van der Waals surface area contributed by atoms with Gasteiger partial charge < -0.3 is 10.6 Å². The number of amides is 1. The summed E-state index contributed by atoms with van der Waals surface area (Å²) in [6, 6.07) is 12.6. The Morgan fingerprint density at radius 1 is 1.06 bits per heavy atom. The van der Waals surface area contributed by atoms with Crippen molar-refractivity contribution in [2.24, 2.45) is 11.7 Å². The van der Waals surface area contributed by atoms with Crippen LogP contribution in [0.1, 0.15) is 37.8 Å². The van der Waals surface area contributed by atoms with E-state index in [1.807, 2.05) is 30.3 Å². The Labute approximate surface area is 192 Å². The lowest BCUT2D eigenvalue weighted by Crippen LogP contribution is -2.51. The maximum Gasteiger partial charge on any atom is 0.416 e. The number of rotatable bonds is 6. The second-order valence-electron chi connectivity index (χ2n) is 9.03. The monoisotopic (exact) mass is 482 g/mol. The Bertz CT molecular complexity index is 1080. The van der Waals surface area contributed by atoms with Gasteiger partial charge in [-0.1, -0.05) is 36.4 Å². The summed E-state index contributed by atoms with van der Waals surface area (Å²) in [5.74, 6) is -0.498. The third-order valence-electron chi connectivity index (χ3n) is 6.57. The van der Waals surface area contributed by atoms with E-state index in [0.29, 0.717) is 38.4 Å². The Kier molecular flexibility index (Phi) is 7.24. The molecule has 1 saturated heterocycles. The molecule has 1 atom stereocenters. The highest BCUT2D eigenvalue weighted by Crippen LogP contribution is 2.39. The number of carbonyl (C=O) groups is 1. The van der Waals surface area contributed by atoms with Gasteiger partial charge in [-0.25, -0.2) is 8.42 Å². The number of piperidine rings is 1. The number of hydrogen-bond acceptors (Lipinski definition) is 4. The third kappa shape index (κ3) is 5.41. The van der Waals surface area contributed by atoms with Crippen molar-refractivity contribution in [3.8, 4) is 0 Å². The first kappa shape index (κ1) is 25.2. The summed E-state index contributed by atoms with van der Waals surface area (Å²) in [6.45, 7) is 3.80. The van der Waals surface area contributed by atoms with E-state index >= 15 is 0 Å². The first-order valence-electron chi connectivity index (χ1n) is 10.8. The van der Waals surface area contributed by atoms with Crippen LogP contribution in [0.2, 0.25) is 0 Å². The summed E-state index contributed by atoms with van der Waals surface area (Å²) in [7, 11) is -4.04. The summed E-state index contributed by atoms with van der Waals surface area (Å²) in [5.41, 5.74) is 6.08. The average molecular weight is 483 g/mol. The molecule has 0 bridgehead atoms. The molecule has 2 aromatic carbocycles. The molecule has 3 rings (SSSR count). The zero-order valence-corrected chi connectivity index (χ0v) is 19.5. The topological polar surface area (TPSA) is 80.5 Å². The highest BCUT2D eigenvalue weighted by molar-refractivity contribution is 7.92. The molecule has 0 aliphatic carbocycles. The first-order valence-corrected chi connectivity index (χ1v) is 12.3. The van der Waals surface area contributed by atoms with Crippen molar-refractivity contribution in [3.63, 3.8) is 0 Å². The van der Waals surface area contributed by atoms with Gasteiger partial charge in [-0.2, -0.15) is 13.2 Å². The molecule has 9 heteroatoms. The maximum absolute atomic E-state index is 13.3. The van der Waals surface area contributed by atoms with E-state index in [-0.39, 0.29) is 16.7 Å². The predicted octanol–water partition coefficient (Wildman–Crippen LogP) is 4.07. The molecule has 180 valence electrons. The highest BCUT2D eigenvalue weighted by atomic mass is 32.2. The molecule has 33 heavy (non-hydrogen) atoms. The van der Waals surface area contributed by atoms with E-state index in [4.69, 9.17) is 5.73 Å². The number of hydrogen-bond donors (Lipinski definition) is 1. The summed E-state index contributed by atoms with van der Waals surface area (Å²) < 4.78 is 64.5. The van der Waals surface area contributed by atoms with Crippen LogP contribution in [0.15, 0.2) is 59.5 Å². The molecule has 0 radical (unpaired) electrons. The SMILES string of the molecule is CC(C)(C1CCN(C(=O)[C@@H](N)Cc2ccccc2)CC1)S(=O)(=O)c1cccc(C(F)(F)F)c1. The van der Waals surface area contributed by atoms with Crippen LogP contribution in [0, 0.1) is 5.92 Å². The Morgan fingerprint density at radius 3 is 2.24 bits per heavy atom. The molecular weight excluding hydrogens is 453 g/mol. The summed E-state index contributed by atoms with van der Waals surface area (Å²) in [6.07, 6.45) is -3.36. The van der Waals surface area contributed by atoms with Gasteiger partial charge in [0.05, 0.1) is 21.2 Å². The molecule has 0 unspecified atom stereocenters. The number of benzene rings is 2. The average Bonchev–Trinajstić information content (AvgIpc) is 2.78. The molecule has 0 saturated carbocycles. The Morgan fingerprint density at radius 2 is 1.67 bits per heavy atom. The minimum Gasteiger partial charge on any atom is -0.341 e. The van der Waals surface area contributed by atoms with Gasteiger partial charge in [0.1, 0.15) is 0 Å². The van der Waals surface area contributed by atoms with Crippen LogP contribution in [-0.2, 0) is 27.2 Å². The third-order valence-corrected chi connectivity index (χ3v) is 9.16. The normalized spacial score (nSPS) is 17.1. The van der Waals surface area contributed by atoms with Gasteiger partial charge in [-0.3, -0.25) is 4.79 Å². The number of sulfone groups is 1. The molecule has 1 heterocycles. The Balaban J connectivity index is 1.68. The molecule has 2 N–H and O–H groups in total. The first-order chi connectivity index (χ1) is 15.3. The number of carbonyl (C=O) groups excluding carboxylic acids is 1. The predicted molar refractivity (Wildman–Crippen MR) is 120 cm³/mol. The van der Waals surface area contributed by atoms with Crippen molar-refractivity contribution in [2.45, 2.75) is 55.0 Å². The number of halogens is 3. The van der Waals surface area contributed by atoms with Crippen molar-refractivity contribution < 1.29 is 26.4 Å². The van der Waals surface area contributed by atoms with Crippen LogP contribution in [0.25, 0.3) is 0 Å². The van der Waals surface area contributed by atoms with Gasteiger partial charge in [0.2, 0.25) is 5.91 Å². The molecule has 2 aromatic rings. The van der Waals surface area contributed by atoms with Crippen molar-refractivity contribution in [3.05, 3.63) is 65.7 Å². The van der Waals surface area contributed by atoms with Gasteiger partial charge in [0.25, 0.3) is 0 Å². The van der Waals surface area contributed by atoms with Crippen LogP contribution in [0.3, 0.4) is 0 Å². The van der Waals surface area contributed by atoms with Crippen LogP contribution < -0.4 is 5.73 Å². The fourth-order valence-corrected chi connectivity index (χ4v) is 6.17. The molecule has 0 aromatic heterocycles. The zero-order chi connectivity index (χ0) is 24.4. The van der Waals surface area contributed by atoms with Crippen LogP contribution in [0.4, 0.5) is 13.2 Å². The minimum atomic E-state index is -4.63. The molecule has 0 spiro atoms. The van der Waals surface area contributed by atoms with E-state index < -0.39 is 32.4 Å². The molecule has 1 aliphatic rings. The van der Waals surface area contributed by atoms with E-state index in [9.17, 15) is 26.4 Å². The molecular formula is C24H29F3N2O3S. The number of alkyl halides is 3. The fraction of sp³-hybridized carbons (Fsp3) is 0.458. The zero-order valence-electron chi connectivity index (χ0n) is 18.7. The largest absolute Gasteiger partial charge is 0.416 e. The van der Waals surface area contributed by atoms with Crippen LogP contribution in [-0.4, -0.2) is 43.1 Å². The number of nitrogens with two attached hydrogens (primary N) is 1. The van der Waals surface area contributed by atoms with Crippen molar-refractivity contribution in [1.82, 2.24) is 4.90 Å². The standard InChI is InChI=1S/C24H29F3N2O3S/c1-23(2,33(31,32)20-10-6-9-19(16-20)24(25,26)27)18-11-13-29(14-12-18)22(30)21(28)15-17-7-4-3-5-8-17/h3-10,16,18,21H,11-15,28H2,1-2H3/t21-/m0/s1. The molecule has 1 fully saturated rings. The lowest BCUT2D eigenvalue weighted by atomic mass is 9.85. The van der Waals surface area contributed by atoms with Crippen LogP contribution >= 0.6 is 0 Å². The smallest absolute Gasteiger partial charge is 0.341 e. The van der Waals surface area contributed by atoms with Gasteiger partial charge in [-0.15, -0.1) is 0 Å². The number of nitrogens with zero attached hydrogens (tertiary/aromatic N) is 1. The second-order valence-corrected chi connectivity index (χ2v) is 11.6. The van der Waals surface area contributed by atoms with E-state index in [0.717, 1.165) is 17.7 Å².